The van der Waals surface area contributed by atoms with Crippen molar-refractivity contribution in [3.63, 3.8) is 0 Å². The topological polar surface area (TPSA) is 38.9 Å². The summed E-state index contributed by atoms with van der Waals surface area (Å²) in [4.78, 5) is 9.41. The number of halogens is 1. The summed E-state index contributed by atoms with van der Waals surface area (Å²) in [6.45, 7) is 15.5. The van der Waals surface area contributed by atoms with Gasteiger partial charge in [0.25, 0.3) is 0 Å². The molecule has 0 saturated heterocycles. The van der Waals surface area contributed by atoms with E-state index < -0.39 is 8.07 Å². The fourth-order valence-electron chi connectivity index (χ4n) is 7.10. The van der Waals surface area contributed by atoms with Crippen LogP contribution >= 0.6 is 0 Å². The Balaban J connectivity index is 0.000000198. The third kappa shape index (κ3) is 9.33. The first-order chi connectivity index (χ1) is 26.3. The largest absolute Gasteiger partial charge is 0.500 e. The van der Waals surface area contributed by atoms with E-state index in [9.17, 15) is 4.39 Å². The molecule has 0 spiro atoms. The van der Waals surface area contributed by atoms with Crippen LogP contribution in [0.3, 0.4) is 0 Å². The van der Waals surface area contributed by atoms with E-state index in [2.05, 4.69) is 136 Å². The van der Waals surface area contributed by atoms with Gasteiger partial charge in [-0.3, -0.25) is 4.39 Å². The molecule has 1 radical (unpaired) electrons. The maximum Gasteiger partial charge on any atom is 0.120 e. The molecule has 0 unspecified atom stereocenters. The molecule has 6 heteroatoms. The molecule has 3 nitrogen and oxygen atoms in total. The minimum Gasteiger partial charge on any atom is -0.500 e. The summed E-state index contributed by atoms with van der Waals surface area (Å²) in [6, 6.07) is 47.4. The number of benzene rings is 5. The van der Waals surface area contributed by atoms with Crippen LogP contribution in [0.15, 0.2) is 138 Å². The van der Waals surface area contributed by atoms with Gasteiger partial charge in [0.2, 0.25) is 0 Å². The van der Waals surface area contributed by atoms with Crippen LogP contribution in [0.4, 0.5) is 4.39 Å². The molecule has 0 amide bonds. The monoisotopic (exact) mass is 931 g/mol. The average Bonchev–Trinajstić information content (AvgIpc) is 3.54. The maximum absolute atomic E-state index is 14.4. The zero-order chi connectivity index (χ0) is 38.7. The molecular formula is C50H47FIrN2OSi-2. The zero-order valence-electron chi connectivity index (χ0n) is 33.1. The fraction of sp³-hybridized carbons (Fsp3) is 0.200. The Morgan fingerprint density at radius 2 is 1.38 bits per heavy atom. The molecule has 0 aliphatic carbocycles. The minimum atomic E-state index is -1.49. The number of aromatic nitrogens is 2. The molecule has 3 aromatic heterocycles. The summed E-state index contributed by atoms with van der Waals surface area (Å²) in [5, 5.41) is 3.57. The van der Waals surface area contributed by atoms with Gasteiger partial charge in [-0.1, -0.05) is 160 Å². The number of hydrogen-bond donors (Lipinski definition) is 0. The van der Waals surface area contributed by atoms with Gasteiger partial charge in [-0.05, 0) is 57.6 Å². The zero-order valence-corrected chi connectivity index (χ0v) is 36.5. The van der Waals surface area contributed by atoms with Crippen molar-refractivity contribution in [3.8, 4) is 33.6 Å². The Kier molecular flexibility index (Phi) is 12.3. The number of aryl methyl sites for hydroxylation is 1. The van der Waals surface area contributed by atoms with Crippen molar-refractivity contribution in [2.24, 2.45) is 5.41 Å². The second kappa shape index (κ2) is 17.0. The standard InChI is InChI=1S/C30H20NO.C20H27FNSi.Ir/c1-3-9-21(10-4-1)17-24-19-28(31-20-27(24)22-11-5-2-6-12-22)23-15-16-30-26(18-23)25-13-7-8-14-29(25)32-30;1-14-9-8-10-16(19(14)21)17-11-15(12-20(2,3)4)18(13-22-17)23(5,6)7;/h1-14,16,18-20H,17H2;8-9,11,13H,12H2,1-7H3;/q2*-1;. The smallest absolute Gasteiger partial charge is 0.120 e. The normalized spacial score (nSPS) is 11.6. The average molecular weight is 931 g/mol. The molecule has 0 aliphatic heterocycles. The molecule has 0 atom stereocenters. The molecule has 3 heterocycles. The first kappa shape index (κ1) is 40.7. The summed E-state index contributed by atoms with van der Waals surface area (Å²) in [7, 11) is -1.49. The SMILES string of the molecule is Cc1cc[c-]c(-c2cc(CC(C)(C)C)c([Si](C)(C)C)cn2)c1F.[Ir].[c-]1cc2oc3ccccc3c2cc1-c1cc(Cc2ccccc2)c(-c2ccccc2)cn1. The van der Waals surface area contributed by atoms with E-state index in [-0.39, 0.29) is 31.3 Å². The Bertz CT molecular complexity index is 2590. The van der Waals surface area contributed by atoms with Gasteiger partial charge in [0.15, 0.2) is 0 Å². The van der Waals surface area contributed by atoms with E-state index in [4.69, 9.17) is 9.40 Å². The number of pyridine rings is 2. The summed E-state index contributed by atoms with van der Waals surface area (Å²) in [6.07, 6.45) is 5.78. The van der Waals surface area contributed by atoms with Gasteiger partial charge in [0, 0.05) is 49.3 Å². The van der Waals surface area contributed by atoms with Gasteiger partial charge >= 0.3 is 0 Å². The van der Waals surface area contributed by atoms with Gasteiger partial charge in [-0.25, -0.2) is 0 Å². The van der Waals surface area contributed by atoms with Crippen LogP contribution < -0.4 is 5.19 Å². The number of para-hydroxylation sites is 1. The Morgan fingerprint density at radius 1 is 0.714 bits per heavy atom. The van der Waals surface area contributed by atoms with Gasteiger partial charge in [-0.2, -0.15) is 0 Å². The minimum absolute atomic E-state index is 0. The molecule has 285 valence electrons. The van der Waals surface area contributed by atoms with E-state index in [1.54, 1.807) is 19.1 Å². The van der Waals surface area contributed by atoms with Crippen LogP contribution in [-0.4, -0.2) is 18.0 Å². The van der Waals surface area contributed by atoms with E-state index in [1.807, 2.05) is 42.7 Å². The second-order valence-corrected chi connectivity index (χ2v) is 21.6. The van der Waals surface area contributed by atoms with E-state index in [0.29, 0.717) is 16.8 Å². The van der Waals surface area contributed by atoms with Crippen LogP contribution in [0.1, 0.15) is 43.0 Å². The van der Waals surface area contributed by atoms with Crippen molar-refractivity contribution in [2.45, 2.75) is 60.2 Å². The molecule has 8 aromatic rings. The molecule has 8 rings (SSSR count). The van der Waals surface area contributed by atoms with Gasteiger partial charge in [0.05, 0.1) is 13.7 Å². The van der Waals surface area contributed by atoms with Crippen LogP contribution in [0.2, 0.25) is 19.6 Å². The van der Waals surface area contributed by atoms with E-state index in [1.165, 1.54) is 27.4 Å². The molecule has 5 aromatic carbocycles. The molecule has 0 N–H and O–H groups in total. The summed E-state index contributed by atoms with van der Waals surface area (Å²) in [5.74, 6) is -0.220. The van der Waals surface area contributed by atoms with Gasteiger partial charge in [0.1, 0.15) is 5.58 Å². The number of rotatable bonds is 7. The third-order valence-electron chi connectivity index (χ3n) is 9.80. The molecule has 0 saturated carbocycles. The predicted molar refractivity (Wildman–Crippen MR) is 230 cm³/mol. The van der Waals surface area contributed by atoms with Crippen molar-refractivity contribution < 1.29 is 28.9 Å². The van der Waals surface area contributed by atoms with Crippen LogP contribution in [0.5, 0.6) is 0 Å². The van der Waals surface area contributed by atoms with Crippen molar-refractivity contribution in [1.82, 2.24) is 9.97 Å². The quantitative estimate of drug-likeness (QED) is 0.118. The van der Waals surface area contributed by atoms with Crippen molar-refractivity contribution >= 4 is 35.2 Å². The van der Waals surface area contributed by atoms with Crippen molar-refractivity contribution in [1.29, 1.82) is 0 Å². The van der Waals surface area contributed by atoms with Crippen LogP contribution in [0, 0.1) is 30.3 Å². The Labute approximate surface area is 345 Å². The number of hydrogen-bond acceptors (Lipinski definition) is 3. The number of nitrogens with zero attached hydrogens (tertiary/aromatic N) is 2. The second-order valence-electron chi connectivity index (χ2n) is 16.5. The predicted octanol–water partition coefficient (Wildman–Crippen LogP) is 12.8. The molecule has 0 fully saturated rings. The molecule has 56 heavy (non-hydrogen) atoms. The fourth-order valence-corrected chi connectivity index (χ4v) is 8.67. The Hall–Kier alpha value is -5.00. The van der Waals surface area contributed by atoms with Gasteiger partial charge < -0.3 is 14.4 Å². The molecule has 0 aliphatic rings. The number of furan rings is 1. The molecule has 0 bridgehead atoms. The van der Waals surface area contributed by atoms with E-state index >= 15 is 0 Å². The van der Waals surface area contributed by atoms with Gasteiger partial charge in [-0.15, -0.1) is 42.0 Å². The summed E-state index contributed by atoms with van der Waals surface area (Å²) in [5.41, 5.74) is 11.8. The Morgan fingerprint density at radius 3 is 2.09 bits per heavy atom. The van der Waals surface area contributed by atoms with Crippen LogP contribution in [-0.2, 0) is 32.9 Å². The summed E-state index contributed by atoms with van der Waals surface area (Å²) >= 11 is 0. The van der Waals surface area contributed by atoms with Crippen LogP contribution in [0.25, 0.3) is 55.6 Å². The van der Waals surface area contributed by atoms with Crippen molar-refractivity contribution in [2.75, 3.05) is 0 Å². The van der Waals surface area contributed by atoms with E-state index in [0.717, 1.165) is 51.6 Å². The first-order valence-corrected chi connectivity index (χ1v) is 22.4. The summed E-state index contributed by atoms with van der Waals surface area (Å²) < 4.78 is 20.4. The number of fused-ring (bicyclic) bond motifs is 3. The van der Waals surface area contributed by atoms with Crippen molar-refractivity contribution in [3.05, 3.63) is 174 Å². The maximum atomic E-state index is 14.4. The first-order valence-electron chi connectivity index (χ1n) is 18.9. The third-order valence-corrected chi connectivity index (χ3v) is 11.9. The molecular weight excluding hydrogens is 884 g/mol.